The molecule has 0 atom stereocenters. The van der Waals surface area contributed by atoms with E-state index in [9.17, 15) is 9.59 Å². The van der Waals surface area contributed by atoms with Crippen LogP contribution in [0.25, 0.3) is 11.1 Å². The molecule has 0 amide bonds. The van der Waals surface area contributed by atoms with Gasteiger partial charge in [0.25, 0.3) is 0 Å². The highest BCUT2D eigenvalue weighted by atomic mass is 16.5. The fourth-order valence-corrected chi connectivity index (χ4v) is 1.80. The monoisotopic (exact) mass is 264 g/mol. The van der Waals surface area contributed by atoms with Crippen LogP contribution < -0.4 is 11.1 Å². The van der Waals surface area contributed by atoms with Crippen LogP contribution in [0.15, 0.2) is 27.4 Å². The van der Waals surface area contributed by atoms with Crippen molar-refractivity contribution in [3.8, 4) is 0 Å². The van der Waals surface area contributed by atoms with E-state index < -0.39 is 0 Å². The lowest BCUT2D eigenvalue weighted by atomic mass is 10.2. The minimum absolute atomic E-state index is 0.163. The second-order valence-corrected chi connectivity index (χ2v) is 4.14. The topological polar surface area (TPSA) is 73.5 Å². The van der Waals surface area contributed by atoms with Crippen molar-refractivity contribution < 1.29 is 13.9 Å². The summed E-state index contributed by atoms with van der Waals surface area (Å²) in [6.07, 6.45) is 0. The highest BCUT2D eigenvalue weighted by molar-refractivity contribution is 5.74. The molecule has 0 saturated carbocycles. The zero-order valence-corrected chi connectivity index (χ0v) is 10.9. The molecule has 19 heavy (non-hydrogen) atoms. The first kappa shape index (κ1) is 13.4. The molecular formula is C13H16N2O4. The van der Waals surface area contributed by atoms with Crippen LogP contribution in [-0.2, 0) is 23.1 Å². The van der Waals surface area contributed by atoms with E-state index in [-0.39, 0.29) is 18.3 Å². The Morgan fingerprint density at radius 1 is 1.47 bits per heavy atom. The van der Waals surface area contributed by atoms with Gasteiger partial charge in [0.2, 0.25) is 0 Å². The van der Waals surface area contributed by atoms with E-state index in [2.05, 4.69) is 5.32 Å². The molecule has 0 radical (unpaired) electrons. The molecule has 0 aliphatic rings. The summed E-state index contributed by atoms with van der Waals surface area (Å²) in [5, 5.41) is 2.98. The molecule has 0 unspecified atom stereocenters. The van der Waals surface area contributed by atoms with E-state index in [0.717, 1.165) is 11.1 Å². The number of nitrogens with one attached hydrogen (secondary N) is 1. The van der Waals surface area contributed by atoms with Crippen molar-refractivity contribution in [2.24, 2.45) is 7.05 Å². The molecule has 2 rings (SSSR count). The van der Waals surface area contributed by atoms with Crippen LogP contribution in [0.5, 0.6) is 0 Å². The van der Waals surface area contributed by atoms with E-state index >= 15 is 0 Å². The number of ether oxygens (including phenoxy) is 1. The van der Waals surface area contributed by atoms with Gasteiger partial charge in [-0.2, -0.15) is 0 Å². The summed E-state index contributed by atoms with van der Waals surface area (Å²) in [7, 11) is 1.66. The molecule has 0 spiro atoms. The fraction of sp³-hybridized carbons (Fsp3) is 0.385. The molecule has 102 valence electrons. The number of fused-ring (bicyclic) bond motifs is 1. The van der Waals surface area contributed by atoms with Crippen molar-refractivity contribution in [2.75, 3.05) is 13.2 Å². The summed E-state index contributed by atoms with van der Waals surface area (Å²) < 4.78 is 11.3. The van der Waals surface area contributed by atoms with Crippen LogP contribution in [0.4, 0.5) is 0 Å². The Kier molecular flexibility index (Phi) is 4.01. The molecule has 2 aromatic rings. The molecule has 0 saturated heterocycles. The number of benzene rings is 1. The Balaban J connectivity index is 2.03. The zero-order chi connectivity index (χ0) is 13.8. The number of aryl methyl sites for hydroxylation is 1. The Bertz CT molecular complexity index is 642. The van der Waals surface area contributed by atoms with Crippen molar-refractivity contribution >= 4 is 17.1 Å². The fourth-order valence-electron chi connectivity index (χ4n) is 1.80. The number of nitrogens with zero attached hydrogens (tertiary/aromatic N) is 1. The highest BCUT2D eigenvalue weighted by Crippen LogP contribution is 2.13. The summed E-state index contributed by atoms with van der Waals surface area (Å²) in [6.45, 7) is 2.83. The minimum atomic E-state index is -0.383. The Hall–Kier alpha value is -2.08. The molecule has 0 bridgehead atoms. The van der Waals surface area contributed by atoms with Gasteiger partial charge in [-0.3, -0.25) is 9.36 Å². The molecule has 1 aromatic carbocycles. The number of hydrogen-bond acceptors (Lipinski definition) is 5. The average Bonchev–Trinajstić information content (AvgIpc) is 2.66. The van der Waals surface area contributed by atoms with Gasteiger partial charge in [-0.05, 0) is 24.6 Å². The minimum Gasteiger partial charge on any atom is -0.465 e. The van der Waals surface area contributed by atoms with E-state index in [1.807, 2.05) is 12.1 Å². The smallest absolute Gasteiger partial charge is 0.419 e. The van der Waals surface area contributed by atoms with Gasteiger partial charge >= 0.3 is 11.7 Å². The largest absolute Gasteiger partial charge is 0.465 e. The van der Waals surface area contributed by atoms with Gasteiger partial charge in [0.05, 0.1) is 18.7 Å². The standard InChI is InChI=1S/C13H16N2O4/c1-3-18-12(16)8-14-7-9-4-5-11-10(6-9)15(2)13(17)19-11/h4-6,14H,3,7-8H2,1-2H3. The Morgan fingerprint density at radius 2 is 2.26 bits per heavy atom. The normalized spacial score (nSPS) is 10.8. The molecule has 1 aromatic heterocycles. The number of hydrogen-bond donors (Lipinski definition) is 1. The van der Waals surface area contributed by atoms with Crippen LogP contribution in [-0.4, -0.2) is 23.7 Å². The summed E-state index contributed by atoms with van der Waals surface area (Å²) in [6, 6.07) is 5.46. The van der Waals surface area contributed by atoms with Gasteiger partial charge in [0.15, 0.2) is 5.58 Å². The molecule has 0 aliphatic heterocycles. The number of carbonyl (C=O) groups is 1. The molecule has 1 N–H and O–H groups in total. The van der Waals surface area contributed by atoms with Crippen LogP contribution in [0, 0.1) is 0 Å². The highest BCUT2D eigenvalue weighted by Gasteiger charge is 2.06. The lowest BCUT2D eigenvalue weighted by Gasteiger charge is -2.05. The first-order chi connectivity index (χ1) is 9.11. The molecule has 6 nitrogen and oxygen atoms in total. The average molecular weight is 264 g/mol. The van der Waals surface area contributed by atoms with Gasteiger partial charge < -0.3 is 14.5 Å². The lowest BCUT2D eigenvalue weighted by Crippen LogP contribution is -2.24. The third kappa shape index (κ3) is 3.03. The molecular weight excluding hydrogens is 248 g/mol. The van der Waals surface area contributed by atoms with Crippen LogP contribution in [0.3, 0.4) is 0 Å². The maximum absolute atomic E-state index is 11.3. The predicted octanol–water partition coefficient (Wildman–Crippen LogP) is 0.784. The van der Waals surface area contributed by atoms with Gasteiger partial charge in [-0.1, -0.05) is 6.07 Å². The molecule has 0 aliphatic carbocycles. The molecule has 1 heterocycles. The van der Waals surface area contributed by atoms with Crippen molar-refractivity contribution in [3.63, 3.8) is 0 Å². The maximum atomic E-state index is 11.3. The van der Waals surface area contributed by atoms with Crippen molar-refractivity contribution in [2.45, 2.75) is 13.5 Å². The third-order valence-electron chi connectivity index (χ3n) is 2.76. The van der Waals surface area contributed by atoms with Gasteiger partial charge in [0.1, 0.15) is 0 Å². The lowest BCUT2D eigenvalue weighted by molar-refractivity contribution is -0.142. The molecule has 0 fully saturated rings. The van der Waals surface area contributed by atoms with Crippen molar-refractivity contribution in [3.05, 3.63) is 34.3 Å². The maximum Gasteiger partial charge on any atom is 0.419 e. The number of carbonyl (C=O) groups excluding carboxylic acids is 1. The summed E-state index contributed by atoms with van der Waals surface area (Å²) in [5.74, 6) is -0.661. The number of oxazole rings is 1. The SMILES string of the molecule is CCOC(=O)CNCc1ccc2oc(=O)n(C)c2c1. The van der Waals surface area contributed by atoms with Crippen molar-refractivity contribution in [1.82, 2.24) is 9.88 Å². The second-order valence-electron chi connectivity index (χ2n) is 4.14. The zero-order valence-electron chi connectivity index (χ0n) is 10.9. The molecule has 6 heteroatoms. The summed E-state index contributed by atoms with van der Waals surface area (Å²) in [5.41, 5.74) is 2.26. The van der Waals surface area contributed by atoms with Crippen LogP contribution >= 0.6 is 0 Å². The van der Waals surface area contributed by atoms with E-state index in [0.29, 0.717) is 18.7 Å². The van der Waals surface area contributed by atoms with E-state index in [1.165, 1.54) is 4.57 Å². The van der Waals surface area contributed by atoms with Gasteiger partial charge in [-0.25, -0.2) is 4.79 Å². The quantitative estimate of drug-likeness (QED) is 0.808. The number of rotatable bonds is 5. The Labute approximate surface area is 110 Å². The van der Waals surface area contributed by atoms with Gasteiger partial charge in [-0.15, -0.1) is 0 Å². The first-order valence-corrected chi connectivity index (χ1v) is 6.06. The van der Waals surface area contributed by atoms with E-state index in [1.54, 1.807) is 20.0 Å². The first-order valence-electron chi connectivity index (χ1n) is 6.06. The van der Waals surface area contributed by atoms with Gasteiger partial charge in [0, 0.05) is 13.6 Å². The third-order valence-corrected chi connectivity index (χ3v) is 2.76. The second kappa shape index (κ2) is 5.71. The number of esters is 1. The van der Waals surface area contributed by atoms with Crippen LogP contribution in [0.2, 0.25) is 0 Å². The van der Waals surface area contributed by atoms with Crippen LogP contribution in [0.1, 0.15) is 12.5 Å². The summed E-state index contributed by atoms with van der Waals surface area (Å²) >= 11 is 0. The summed E-state index contributed by atoms with van der Waals surface area (Å²) in [4.78, 5) is 22.5. The number of aromatic nitrogens is 1. The Morgan fingerprint density at radius 3 is 3.00 bits per heavy atom. The predicted molar refractivity (Wildman–Crippen MR) is 69.8 cm³/mol. The van der Waals surface area contributed by atoms with Crippen molar-refractivity contribution in [1.29, 1.82) is 0 Å². The van der Waals surface area contributed by atoms with E-state index in [4.69, 9.17) is 9.15 Å².